The molecule has 3 aliphatic heterocycles. The number of carbonyl (C=O) groups excluding carboxylic acids is 3. The number of carbonyl (C=O) groups is 4. The number of carboxylic acids is 1. The van der Waals surface area contributed by atoms with Crippen LogP contribution in [-0.2, 0) is 23.2 Å². The van der Waals surface area contributed by atoms with Crippen LogP contribution >= 0.6 is 0 Å². The van der Waals surface area contributed by atoms with Crippen LogP contribution in [0.15, 0.2) is 66.9 Å². The molecule has 7 rings (SSSR count). The van der Waals surface area contributed by atoms with Crippen molar-refractivity contribution in [2.45, 2.75) is 74.8 Å². The average molecular weight is 907 g/mol. The molecule has 3 aromatic carbocycles. The summed E-state index contributed by atoms with van der Waals surface area (Å²) in [5, 5.41) is 16.8. The maximum Gasteiger partial charge on any atom is 0.335 e. The Bertz CT molecular complexity index is 2330. The van der Waals surface area contributed by atoms with Gasteiger partial charge >= 0.3 is 5.97 Å². The second-order valence-corrected chi connectivity index (χ2v) is 20.1. The number of rotatable bonds is 12. The number of benzene rings is 3. The second kappa shape index (κ2) is 21.6. The molecule has 2 saturated heterocycles. The molecule has 3 amide bonds. The molecular formula is C51H70N8O7. The highest BCUT2D eigenvalue weighted by atomic mass is 16.5. The topological polar surface area (TPSA) is 153 Å². The van der Waals surface area contributed by atoms with Gasteiger partial charge in [-0.2, -0.15) is 5.10 Å². The summed E-state index contributed by atoms with van der Waals surface area (Å²) in [6.45, 7) is 26.2. The minimum atomic E-state index is -0.972. The van der Waals surface area contributed by atoms with E-state index in [0.29, 0.717) is 40.0 Å². The van der Waals surface area contributed by atoms with Gasteiger partial charge in [0.15, 0.2) is 13.2 Å². The Kier molecular flexibility index (Phi) is 16.2. The van der Waals surface area contributed by atoms with Crippen molar-refractivity contribution in [3.63, 3.8) is 0 Å². The van der Waals surface area contributed by atoms with Gasteiger partial charge in [-0.05, 0) is 110 Å². The summed E-state index contributed by atoms with van der Waals surface area (Å²) in [5.74, 6) is 0.922. The van der Waals surface area contributed by atoms with Crippen molar-refractivity contribution in [1.82, 2.24) is 29.4 Å². The van der Waals surface area contributed by atoms with E-state index in [1.165, 1.54) is 6.07 Å². The van der Waals surface area contributed by atoms with Crippen molar-refractivity contribution in [3.05, 3.63) is 94.7 Å². The zero-order valence-electron chi connectivity index (χ0n) is 40.5. The largest absolute Gasteiger partial charge is 0.483 e. The van der Waals surface area contributed by atoms with Gasteiger partial charge in [0.25, 0.3) is 17.7 Å². The van der Waals surface area contributed by atoms with Crippen LogP contribution in [0.1, 0.15) is 91.8 Å². The molecule has 0 bridgehead atoms. The molecule has 15 nitrogen and oxygen atoms in total. The van der Waals surface area contributed by atoms with E-state index in [2.05, 4.69) is 61.8 Å². The molecule has 4 aromatic rings. The Balaban J connectivity index is 0.000000240. The van der Waals surface area contributed by atoms with Gasteiger partial charge in [0.2, 0.25) is 0 Å². The van der Waals surface area contributed by atoms with Crippen molar-refractivity contribution >= 4 is 40.9 Å². The number of aryl methyl sites for hydroxylation is 3. The highest BCUT2D eigenvalue weighted by molar-refractivity contribution is 6.08. The van der Waals surface area contributed by atoms with E-state index in [9.17, 15) is 19.2 Å². The lowest BCUT2D eigenvalue weighted by atomic mass is 9.92. The Hall–Kier alpha value is -5.93. The van der Waals surface area contributed by atoms with Crippen molar-refractivity contribution in [2.24, 2.45) is 17.9 Å². The molecule has 0 spiro atoms. The van der Waals surface area contributed by atoms with Gasteiger partial charge in [-0.25, -0.2) is 4.79 Å². The Morgan fingerprint density at radius 1 is 0.682 bits per heavy atom. The quantitative estimate of drug-likeness (QED) is 0.148. The number of aromatic carboxylic acids is 1. The predicted molar refractivity (Wildman–Crippen MR) is 258 cm³/mol. The third kappa shape index (κ3) is 13.6. The van der Waals surface area contributed by atoms with Crippen LogP contribution in [0, 0.1) is 24.7 Å². The monoisotopic (exact) mass is 907 g/mol. The van der Waals surface area contributed by atoms with Crippen LogP contribution in [-0.4, -0.2) is 137 Å². The summed E-state index contributed by atoms with van der Waals surface area (Å²) in [7, 11) is 1.88. The molecule has 15 heteroatoms. The molecule has 0 radical (unpaired) electrons. The summed E-state index contributed by atoms with van der Waals surface area (Å²) in [6.07, 6.45) is 4.09. The number of para-hydroxylation sites is 2. The van der Waals surface area contributed by atoms with Crippen LogP contribution in [0.25, 0.3) is 0 Å². The summed E-state index contributed by atoms with van der Waals surface area (Å²) in [4.78, 5) is 60.3. The number of nitrogens with zero attached hydrogens (tertiary/aromatic N) is 7. The minimum Gasteiger partial charge on any atom is -0.483 e. The molecule has 356 valence electrons. The summed E-state index contributed by atoms with van der Waals surface area (Å²) in [6, 6.07) is 17.8. The lowest BCUT2D eigenvalue weighted by Gasteiger charge is -2.35. The molecule has 2 N–H and O–H groups in total. The highest BCUT2D eigenvalue weighted by Crippen LogP contribution is 2.36. The minimum absolute atomic E-state index is 0.00373. The zero-order chi connectivity index (χ0) is 47.8. The third-order valence-electron chi connectivity index (χ3n) is 12.4. The smallest absolute Gasteiger partial charge is 0.335 e. The molecule has 4 heterocycles. The third-order valence-corrected chi connectivity index (χ3v) is 12.4. The fraction of sp³-hybridized carbons (Fsp3) is 0.510. The van der Waals surface area contributed by atoms with Gasteiger partial charge in [-0.3, -0.25) is 28.9 Å². The van der Waals surface area contributed by atoms with Gasteiger partial charge in [0.1, 0.15) is 17.3 Å². The molecule has 0 unspecified atom stereocenters. The Labute approximate surface area is 390 Å². The molecule has 0 atom stereocenters. The number of hydrogen-bond acceptors (Lipinski definition) is 10. The maximum atomic E-state index is 13.8. The van der Waals surface area contributed by atoms with Gasteiger partial charge in [0.05, 0.1) is 29.7 Å². The molecular weight excluding hydrogens is 837 g/mol. The Morgan fingerprint density at radius 2 is 1.17 bits per heavy atom. The van der Waals surface area contributed by atoms with Crippen molar-refractivity contribution < 1.29 is 33.8 Å². The van der Waals surface area contributed by atoms with Gasteiger partial charge < -0.3 is 34.6 Å². The lowest BCUT2D eigenvalue weighted by Crippen LogP contribution is -2.50. The number of carboxylic acid groups (broad SMARTS) is 1. The highest BCUT2D eigenvalue weighted by Gasteiger charge is 2.28. The van der Waals surface area contributed by atoms with E-state index in [-0.39, 0.29) is 36.5 Å². The average Bonchev–Trinajstić information content (AvgIpc) is 3.52. The van der Waals surface area contributed by atoms with Crippen molar-refractivity contribution in [3.8, 4) is 11.5 Å². The predicted octanol–water partition coefficient (Wildman–Crippen LogP) is 7.24. The number of amides is 3. The molecule has 66 heavy (non-hydrogen) atoms. The number of fused-ring (bicyclic) bond motifs is 2. The number of aromatic nitrogens is 2. The molecule has 3 aliphatic rings. The van der Waals surface area contributed by atoms with E-state index in [1.807, 2.05) is 54.1 Å². The summed E-state index contributed by atoms with van der Waals surface area (Å²) < 4.78 is 13.3. The first-order valence-electron chi connectivity index (χ1n) is 23.1. The van der Waals surface area contributed by atoms with Crippen LogP contribution in [0.2, 0.25) is 0 Å². The summed E-state index contributed by atoms with van der Waals surface area (Å²) >= 11 is 0. The SMILES string of the molecule is Cc1cc(C(=O)N2Cc3cnn(C)c3Nc3ccccc32)ccc1OCC(=O)N1CCN(CCC(C)(C)C)CC1.Cc1cc(C(=O)O)ccc1OCC(=O)N1CCN(CCC(C)(C)C)CC1. The number of hydrogen-bond donors (Lipinski definition) is 2. The molecule has 0 aliphatic carbocycles. The Morgan fingerprint density at radius 3 is 1.65 bits per heavy atom. The number of nitrogens with one attached hydrogen (secondary N) is 1. The zero-order valence-corrected chi connectivity index (χ0v) is 40.5. The van der Waals surface area contributed by atoms with Crippen LogP contribution in [0.4, 0.5) is 17.2 Å². The van der Waals surface area contributed by atoms with E-state index in [1.54, 1.807) is 47.0 Å². The standard InChI is InChI=1S/C31H40N6O3.C20H30N2O4/c1-22-18-23(30(39)37-20-24-19-32-34(5)29(24)33-25-8-6-7-9-26(25)37)10-11-27(22)40-21-28(38)36-16-14-35(15-17-36)13-12-31(2,3)4;1-15-13-16(19(24)25)5-6-17(15)26-14-18(23)22-11-9-21(10-12-22)8-7-20(2,3)4/h6-11,18-19,33H,12-17,20-21H2,1-5H3;5-6,13H,7-12,14H2,1-4H3,(H,24,25). The van der Waals surface area contributed by atoms with E-state index in [0.717, 1.165) is 107 Å². The van der Waals surface area contributed by atoms with Crippen LogP contribution in [0.3, 0.4) is 0 Å². The number of anilines is 3. The molecule has 2 fully saturated rings. The first-order chi connectivity index (χ1) is 31.2. The van der Waals surface area contributed by atoms with Crippen molar-refractivity contribution in [2.75, 3.05) is 88.9 Å². The maximum absolute atomic E-state index is 13.8. The van der Waals surface area contributed by atoms with Gasteiger partial charge in [-0.15, -0.1) is 0 Å². The van der Waals surface area contributed by atoms with E-state index < -0.39 is 5.97 Å². The van der Waals surface area contributed by atoms with E-state index in [4.69, 9.17) is 14.6 Å². The normalized spacial score (nSPS) is 15.7. The number of piperazine rings is 2. The van der Waals surface area contributed by atoms with Crippen molar-refractivity contribution in [1.29, 1.82) is 0 Å². The van der Waals surface area contributed by atoms with Gasteiger partial charge in [-0.1, -0.05) is 53.7 Å². The van der Waals surface area contributed by atoms with Gasteiger partial charge in [0, 0.05) is 70.5 Å². The fourth-order valence-corrected chi connectivity index (χ4v) is 8.07. The summed E-state index contributed by atoms with van der Waals surface area (Å²) in [5.41, 5.74) is 5.55. The fourth-order valence-electron chi connectivity index (χ4n) is 8.07. The van der Waals surface area contributed by atoms with Crippen LogP contribution in [0.5, 0.6) is 11.5 Å². The first-order valence-corrected chi connectivity index (χ1v) is 23.1. The second-order valence-electron chi connectivity index (χ2n) is 20.1. The molecule has 0 saturated carbocycles. The lowest BCUT2D eigenvalue weighted by molar-refractivity contribution is -0.135. The number of ether oxygens (including phenoxy) is 2. The van der Waals surface area contributed by atoms with Crippen LogP contribution < -0.4 is 19.7 Å². The van der Waals surface area contributed by atoms with E-state index >= 15 is 0 Å². The first kappa shape index (κ1) is 49.5. The molecule has 1 aromatic heterocycles.